The summed E-state index contributed by atoms with van der Waals surface area (Å²) >= 11 is 0. The Bertz CT molecular complexity index is 501. The van der Waals surface area contributed by atoms with E-state index in [9.17, 15) is 0 Å². The van der Waals surface area contributed by atoms with Crippen LogP contribution in [0.2, 0.25) is 0 Å². The second kappa shape index (κ2) is 4.35. The Kier molecular flexibility index (Phi) is 2.90. The first kappa shape index (κ1) is 10.7. The molecule has 0 fully saturated rings. The van der Waals surface area contributed by atoms with Gasteiger partial charge in [0.25, 0.3) is 0 Å². The maximum Gasteiger partial charge on any atom is 0.243 e. The first-order valence-corrected chi connectivity index (χ1v) is 5.40. The quantitative estimate of drug-likeness (QED) is 0.798. The van der Waals surface area contributed by atoms with Crippen molar-refractivity contribution in [3.8, 4) is 0 Å². The van der Waals surface area contributed by atoms with Crippen molar-refractivity contribution in [2.45, 2.75) is 26.3 Å². The smallest absolute Gasteiger partial charge is 0.243 e. The molecule has 0 aliphatic carbocycles. The van der Waals surface area contributed by atoms with Gasteiger partial charge in [0.05, 0.1) is 0 Å². The van der Waals surface area contributed by atoms with Gasteiger partial charge in [0.15, 0.2) is 5.65 Å². The van der Waals surface area contributed by atoms with E-state index in [1.165, 1.54) is 0 Å². The molecule has 0 saturated heterocycles. The number of rotatable bonds is 4. The Morgan fingerprint density at radius 1 is 1.62 bits per heavy atom. The molecule has 0 bridgehead atoms. The van der Waals surface area contributed by atoms with Crippen molar-refractivity contribution in [1.82, 2.24) is 14.6 Å². The highest BCUT2D eigenvalue weighted by atomic mass is 15.3. The van der Waals surface area contributed by atoms with Gasteiger partial charge >= 0.3 is 0 Å². The largest absolute Gasteiger partial charge is 0.350 e. The summed E-state index contributed by atoms with van der Waals surface area (Å²) in [6, 6.07) is 4.30. The Labute approximate surface area is 95.0 Å². The molecule has 4 heteroatoms. The highest BCUT2D eigenvalue weighted by Gasteiger charge is 2.07. The molecule has 1 N–H and O–H groups in total. The molecule has 2 aromatic heterocycles. The predicted octanol–water partition coefficient (Wildman–Crippen LogP) is 2.41. The molecule has 0 aliphatic rings. The van der Waals surface area contributed by atoms with Gasteiger partial charge in [0.2, 0.25) is 5.95 Å². The van der Waals surface area contributed by atoms with Crippen LogP contribution in [0.3, 0.4) is 0 Å². The van der Waals surface area contributed by atoms with Gasteiger partial charge in [-0.3, -0.25) is 0 Å². The zero-order valence-corrected chi connectivity index (χ0v) is 9.64. The molecule has 0 saturated carbocycles. The normalized spacial score (nSPS) is 12.6. The Morgan fingerprint density at radius 3 is 3.12 bits per heavy atom. The summed E-state index contributed by atoms with van der Waals surface area (Å²) in [5.74, 6) is 0.670. The second-order valence-electron chi connectivity index (χ2n) is 3.96. The van der Waals surface area contributed by atoms with Crippen LogP contribution in [-0.4, -0.2) is 20.6 Å². The van der Waals surface area contributed by atoms with Crippen LogP contribution in [0.4, 0.5) is 5.95 Å². The van der Waals surface area contributed by atoms with E-state index in [2.05, 4.69) is 28.9 Å². The molecule has 2 rings (SSSR count). The molecular formula is C12H16N4. The third kappa shape index (κ3) is 2.05. The van der Waals surface area contributed by atoms with Crippen LogP contribution in [0, 0.1) is 6.92 Å². The van der Waals surface area contributed by atoms with Gasteiger partial charge < -0.3 is 5.32 Å². The molecule has 2 heterocycles. The fourth-order valence-corrected chi connectivity index (χ4v) is 1.63. The Hall–Kier alpha value is -1.84. The van der Waals surface area contributed by atoms with E-state index in [0.29, 0.717) is 12.0 Å². The number of anilines is 1. The zero-order valence-electron chi connectivity index (χ0n) is 9.64. The second-order valence-corrected chi connectivity index (χ2v) is 3.96. The van der Waals surface area contributed by atoms with Gasteiger partial charge in [0, 0.05) is 12.2 Å². The average Bonchev–Trinajstić information content (AvgIpc) is 2.62. The lowest BCUT2D eigenvalue weighted by Crippen LogP contribution is -2.14. The van der Waals surface area contributed by atoms with Gasteiger partial charge in [-0.15, -0.1) is 11.7 Å². The molecule has 4 nitrogen and oxygen atoms in total. The van der Waals surface area contributed by atoms with E-state index in [-0.39, 0.29) is 0 Å². The number of aryl methyl sites for hydroxylation is 1. The molecule has 0 aromatic carbocycles. The van der Waals surface area contributed by atoms with Crippen molar-refractivity contribution < 1.29 is 0 Å². The highest BCUT2D eigenvalue weighted by molar-refractivity contribution is 5.49. The van der Waals surface area contributed by atoms with Crippen molar-refractivity contribution in [2.24, 2.45) is 0 Å². The van der Waals surface area contributed by atoms with E-state index in [1.807, 2.05) is 31.3 Å². The van der Waals surface area contributed by atoms with Gasteiger partial charge in [0.1, 0.15) is 0 Å². The van der Waals surface area contributed by atoms with Crippen LogP contribution >= 0.6 is 0 Å². The first-order chi connectivity index (χ1) is 7.70. The van der Waals surface area contributed by atoms with Crippen molar-refractivity contribution in [3.05, 3.63) is 36.5 Å². The zero-order chi connectivity index (χ0) is 11.5. The minimum Gasteiger partial charge on any atom is -0.350 e. The average molecular weight is 216 g/mol. The van der Waals surface area contributed by atoms with E-state index in [1.54, 1.807) is 4.52 Å². The summed E-state index contributed by atoms with van der Waals surface area (Å²) < 4.78 is 1.79. The number of nitrogens with zero attached hydrogens (tertiary/aromatic N) is 3. The minimum atomic E-state index is 0.301. The van der Waals surface area contributed by atoms with Crippen molar-refractivity contribution in [2.75, 3.05) is 5.32 Å². The number of nitrogens with one attached hydrogen (secondary N) is 1. The Morgan fingerprint density at radius 2 is 2.44 bits per heavy atom. The van der Waals surface area contributed by atoms with Gasteiger partial charge in [-0.05, 0) is 31.9 Å². The molecule has 1 atom stereocenters. The highest BCUT2D eigenvalue weighted by Crippen LogP contribution is 2.11. The van der Waals surface area contributed by atoms with Crippen LogP contribution in [0.25, 0.3) is 5.65 Å². The van der Waals surface area contributed by atoms with E-state index < -0.39 is 0 Å². The standard InChI is InChI=1S/C12H16N4/c1-4-6-10(3)13-12-14-11-9(2)7-5-8-16(11)15-12/h4-5,7-8,10H,1,6H2,2-3H3,(H,13,15). The van der Waals surface area contributed by atoms with Crippen molar-refractivity contribution in [3.63, 3.8) is 0 Å². The van der Waals surface area contributed by atoms with Gasteiger partial charge in [-0.1, -0.05) is 12.1 Å². The molecule has 0 radical (unpaired) electrons. The molecule has 84 valence electrons. The van der Waals surface area contributed by atoms with E-state index >= 15 is 0 Å². The van der Waals surface area contributed by atoms with E-state index in [0.717, 1.165) is 17.6 Å². The lowest BCUT2D eigenvalue weighted by molar-refractivity contribution is 0.796. The molecule has 16 heavy (non-hydrogen) atoms. The van der Waals surface area contributed by atoms with Gasteiger partial charge in [-0.2, -0.15) is 4.98 Å². The maximum atomic E-state index is 4.44. The first-order valence-electron chi connectivity index (χ1n) is 5.40. The van der Waals surface area contributed by atoms with Crippen LogP contribution in [-0.2, 0) is 0 Å². The topological polar surface area (TPSA) is 42.2 Å². The fraction of sp³-hybridized carbons (Fsp3) is 0.333. The summed E-state index contributed by atoms with van der Waals surface area (Å²) in [5, 5.41) is 7.60. The summed E-state index contributed by atoms with van der Waals surface area (Å²) in [4.78, 5) is 4.44. The monoisotopic (exact) mass is 216 g/mol. The van der Waals surface area contributed by atoms with Crippen molar-refractivity contribution in [1.29, 1.82) is 0 Å². The van der Waals surface area contributed by atoms with E-state index in [4.69, 9.17) is 0 Å². The number of hydrogen-bond acceptors (Lipinski definition) is 3. The summed E-state index contributed by atoms with van der Waals surface area (Å²) in [5.41, 5.74) is 2.02. The van der Waals surface area contributed by atoms with Crippen molar-refractivity contribution >= 4 is 11.6 Å². The molecule has 1 unspecified atom stereocenters. The number of aromatic nitrogens is 3. The van der Waals surface area contributed by atoms with Crippen LogP contribution < -0.4 is 5.32 Å². The lowest BCUT2D eigenvalue weighted by Gasteiger charge is -2.08. The molecule has 0 aliphatic heterocycles. The predicted molar refractivity (Wildman–Crippen MR) is 65.6 cm³/mol. The van der Waals surface area contributed by atoms with Gasteiger partial charge in [-0.25, -0.2) is 4.52 Å². The number of hydrogen-bond donors (Lipinski definition) is 1. The third-order valence-corrected chi connectivity index (χ3v) is 2.45. The molecular weight excluding hydrogens is 200 g/mol. The SMILES string of the molecule is C=CCC(C)Nc1nc2c(C)cccn2n1. The molecule has 2 aromatic rings. The summed E-state index contributed by atoms with van der Waals surface area (Å²) in [7, 11) is 0. The number of fused-ring (bicyclic) bond motifs is 1. The molecule has 0 amide bonds. The Balaban J connectivity index is 2.26. The summed E-state index contributed by atoms with van der Waals surface area (Å²) in [6.07, 6.45) is 4.69. The van der Waals surface area contributed by atoms with Crippen LogP contribution in [0.15, 0.2) is 31.0 Å². The fourth-order valence-electron chi connectivity index (χ4n) is 1.63. The minimum absolute atomic E-state index is 0.301. The maximum absolute atomic E-state index is 4.44. The van der Waals surface area contributed by atoms with Crippen LogP contribution in [0.1, 0.15) is 18.9 Å². The number of pyridine rings is 1. The van der Waals surface area contributed by atoms with Crippen LogP contribution in [0.5, 0.6) is 0 Å². The summed E-state index contributed by atoms with van der Waals surface area (Å²) in [6.45, 7) is 7.83. The lowest BCUT2D eigenvalue weighted by atomic mass is 10.2. The molecule has 0 spiro atoms. The third-order valence-electron chi connectivity index (χ3n) is 2.45.